The monoisotopic (exact) mass is 294 g/mol. The molecule has 2 heteroatoms. The zero-order valence-electron chi connectivity index (χ0n) is 14.8. The fraction of sp³-hybridized carbons (Fsp3) is 1.00. The van der Waals surface area contributed by atoms with Gasteiger partial charge in [0.25, 0.3) is 0 Å². The van der Waals surface area contributed by atoms with Crippen LogP contribution in [0.15, 0.2) is 0 Å². The average Bonchev–Trinajstić information content (AvgIpc) is 2.80. The maximum atomic E-state index is 3.74. The summed E-state index contributed by atoms with van der Waals surface area (Å²) in [6.07, 6.45) is 13.0. The molecule has 0 radical (unpaired) electrons. The Morgan fingerprint density at radius 2 is 1.86 bits per heavy atom. The highest BCUT2D eigenvalue weighted by Gasteiger charge is 2.35. The van der Waals surface area contributed by atoms with Crippen LogP contribution in [0.25, 0.3) is 0 Å². The SMILES string of the molecule is CCCC1CCCN(CC2(CNC(C)C)CCCC2)CC1. The Morgan fingerprint density at radius 1 is 1.10 bits per heavy atom. The van der Waals surface area contributed by atoms with Gasteiger partial charge in [0.2, 0.25) is 0 Å². The molecule has 1 atom stereocenters. The van der Waals surface area contributed by atoms with E-state index in [4.69, 9.17) is 0 Å². The first-order valence-electron chi connectivity index (χ1n) is 9.59. The Labute approximate surface area is 133 Å². The molecule has 1 saturated heterocycles. The van der Waals surface area contributed by atoms with Crippen LogP contribution < -0.4 is 5.32 Å². The van der Waals surface area contributed by atoms with Crippen molar-refractivity contribution in [3.63, 3.8) is 0 Å². The van der Waals surface area contributed by atoms with E-state index in [0.717, 1.165) is 5.92 Å². The van der Waals surface area contributed by atoms with Crippen LogP contribution in [0.3, 0.4) is 0 Å². The van der Waals surface area contributed by atoms with E-state index in [9.17, 15) is 0 Å². The lowest BCUT2D eigenvalue weighted by Gasteiger charge is -2.36. The van der Waals surface area contributed by atoms with Gasteiger partial charge >= 0.3 is 0 Å². The highest BCUT2D eigenvalue weighted by molar-refractivity contribution is 4.90. The number of hydrogen-bond acceptors (Lipinski definition) is 2. The summed E-state index contributed by atoms with van der Waals surface area (Å²) in [5, 5.41) is 3.74. The summed E-state index contributed by atoms with van der Waals surface area (Å²) >= 11 is 0. The molecular formula is C19H38N2. The van der Waals surface area contributed by atoms with Crippen LogP contribution in [-0.4, -0.2) is 37.1 Å². The maximum Gasteiger partial charge on any atom is 0.00501 e. The molecule has 2 aliphatic rings. The first-order chi connectivity index (χ1) is 10.1. The van der Waals surface area contributed by atoms with Crippen molar-refractivity contribution in [2.45, 2.75) is 84.6 Å². The summed E-state index contributed by atoms with van der Waals surface area (Å²) in [5.41, 5.74) is 0.578. The second-order valence-corrected chi connectivity index (χ2v) is 8.10. The molecule has 21 heavy (non-hydrogen) atoms. The molecule has 1 unspecified atom stereocenters. The van der Waals surface area contributed by atoms with Gasteiger partial charge in [-0.15, -0.1) is 0 Å². The third-order valence-corrected chi connectivity index (χ3v) is 5.75. The van der Waals surface area contributed by atoms with Gasteiger partial charge in [0, 0.05) is 19.1 Å². The molecule has 124 valence electrons. The standard InChI is InChI=1S/C19H38N2/c1-4-8-18-9-7-13-21(14-10-18)16-19(11-5-6-12-19)15-20-17(2)3/h17-18,20H,4-16H2,1-3H3. The second-order valence-electron chi connectivity index (χ2n) is 8.10. The molecule has 2 fully saturated rings. The third kappa shape index (κ3) is 5.56. The fourth-order valence-electron chi connectivity index (χ4n) is 4.49. The summed E-state index contributed by atoms with van der Waals surface area (Å²) in [6.45, 7) is 12.2. The molecule has 1 aliphatic heterocycles. The van der Waals surface area contributed by atoms with Crippen LogP contribution >= 0.6 is 0 Å². The molecule has 0 aromatic carbocycles. The van der Waals surface area contributed by atoms with E-state index in [1.807, 2.05) is 0 Å². The van der Waals surface area contributed by atoms with E-state index in [1.54, 1.807) is 0 Å². The minimum Gasteiger partial charge on any atom is -0.314 e. The Bertz CT molecular complexity index is 281. The predicted molar refractivity (Wildman–Crippen MR) is 92.7 cm³/mol. The summed E-state index contributed by atoms with van der Waals surface area (Å²) in [4.78, 5) is 2.81. The minimum absolute atomic E-state index is 0.578. The molecule has 0 aromatic heterocycles. The van der Waals surface area contributed by atoms with Crippen molar-refractivity contribution in [3.8, 4) is 0 Å². The van der Waals surface area contributed by atoms with Crippen molar-refractivity contribution < 1.29 is 0 Å². The van der Waals surface area contributed by atoms with Gasteiger partial charge in [-0.1, -0.05) is 46.5 Å². The van der Waals surface area contributed by atoms with Gasteiger partial charge in [0.1, 0.15) is 0 Å². The van der Waals surface area contributed by atoms with E-state index >= 15 is 0 Å². The molecule has 0 spiro atoms. The Balaban J connectivity index is 1.85. The molecule has 0 bridgehead atoms. The smallest absolute Gasteiger partial charge is 0.00501 e. The van der Waals surface area contributed by atoms with Crippen molar-refractivity contribution in [1.82, 2.24) is 10.2 Å². The van der Waals surface area contributed by atoms with Crippen LogP contribution in [0.1, 0.15) is 78.6 Å². The van der Waals surface area contributed by atoms with Gasteiger partial charge in [-0.05, 0) is 56.5 Å². The topological polar surface area (TPSA) is 15.3 Å². The second kappa shape index (κ2) is 8.53. The van der Waals surface area contributed by atoms with Crippen LogP contribution in [0.2, 0.25) is 0 Å². The quantitative estimate of drug-likeness (QED) is 0.746. The van der Waals surface area contributed by atoms with Gasteiger partial charge in [-0.3, -0.25) is 0 Å². The van der Waals surface area contributed by atoms with Crippen LogP contribution in [0, 0.1) is 11.3 Å². The number of nitrogens with zero attached hydrogens (tertiary/aromatic N) is 1. The minimum atomic E-state index is 0.578. The molecular weight excluding hydrogens is 256 g/mol. The molecule has 1 N–H and O–H groups in total. The van der Waals surface area contributed by atoms with E-state index < -0.39 is 0 Å². The van der Waals surface area contributed by atoms with E-state index in [0.29, 0.717) is 11.5 Å². The summed E-state index contributed by atoms with van der Waals surface area (Å²) in [5.74, 6) is 1.01. The highest BCUT2D eigenvalue weighted by atomic mass is 15.1. The van der Waals surface area contributed by atoms with Gasteiger partial charge < -0.3 is 10.2 Å². The van der Waals surface area contributed by atoms with Gasteiger partial charge in [-0.25, -0.2) is 0 Å². The molecule has 1 aliphatic carbocycles. The zero-order chi connectivity index (χ0) is 15.1. The van der Waals surface area contributed by atoms with Crippen molar-refractivity contribution >= 4 is 0 Å². The molecule has 1 saturated carbocycles. The number of rotatable bonds is 7. The molecule has 0 aromatic rings. The van der Waals surface area contributed by atoms with Gasteiger partial charge in [0.05, 0.1) is 0 Å². The Morgan fingerprint density at radius 3 is 2.52 bits per heavy atom. The third-order valence-electron chi connectivity index (χ3n) is 5.75. The lowest BCUT2D eigenvalue weighted by atomic mass is 9.85. The van der Waals surface area contributed by atoms with Crippen molar-refractivity contribution in [3.05, 3.63) is 0 Å². The number of nitrogens with one attached hydrogen (secondary N) is 1. The molecule has 2 nitrogen and oxygen atoms in total. The summed E-state index contributed by atoms with van der Waals surface area (Å²) in [6, 6.07) is 0.626. The van der Waals surface area contributed by atoms with E-state index in [2.05, 4.69) is 31.0 Å². The first kappa shape index (κ1) is 17.3. The Kier molecular flexibility index (Phi) is 7.01. The molecule has 2 rings (SSSR count). The number of likely N-dealkylation sites (tertiary alicyclic amines) is 1. The molecule has 0 amide bonds. The lowest BCUT2D eigenvalue weighted by Crippen LogP contribution is -2.44. The fourth-order valence-corrected chi connectivity index (χ4v) is 4.49. The van der Waals surface area contributed by atoms with Crippen LogP contribution in [0.4, 0.5) is 0 Å². The van der Waals surface area contributed by atoms with Crippen molar-refractivity contribution in [2.24, 2.45) is 11.3 Å². The zero-order valence-corrected chi connectivity index (χ0v) is 14.8. The normalized spacial score (nSPS) is 27.1. The van der Waals surface area contributed by atoms with Gasteiger partial charge in [-0.2, -0.15) is 0 Å². The number of hydrogen-bond donors (Lipinski definition) is 1. The van der Waals surface area contributed by atoms with Crippen molar-refractivity contribution in [2.75, 3.05) is 26.2 Å². The van der Waals surface area contributed by atoms with E-state index in [-0.39, 0.29) is 0 Å². The van der Waals surface area contributed by atoms with Crippen molar-refractivity contribution in [1.29, 1.82) is 0 Å². The molecule has 1 heterocycles. The Hall–Kier alpha value is -0.0800. The lowest BCUT2D eigenvalue weighted by molar-refractivity contribution is 0.148. The summed E-state index contributed by atoms with van der Waals surface area (Å²) in [7, 11) is 0. The predicted octanol–water partition coefficient (Wildman–Crippen LogP) is 4.45. The van der Waals surface area contributed by atoms with Crippen LogP contribution in [-0.2, 0) is 0 Å². The first-order valence-corrected chi connectivity index (χ1v) is 9.59. The largest absolute Gasteiger partial charge is 0.314 e. The van der Waals surface area contributed by atoms with E-state index in [1.165, 1.54) is 84.0 Å². The highest BCUT2D eigenvalue weighted by Crippen LogP contribution is 2.39. The maximum absolute atomic E-state index is 3.74. The summed E-state index contributed by atoms with van der Waals surface area (Å²) < 4.78 is 0. The van der Waals surface area contributed by atoms with Gasteiger partial charge in [0.15, 0.2) is 0 Å². The average molecular weight is 295 g/mol. The van der Waals surface area contributed by atoms with Crippen LogP contribution in [0.5, 0.6) is 0 Å².